The lowest BCUT2D eigenvalue weighted by atomic mass is 9.56. The Bertz CT molecular complexity index is 1340. The number of H-pyrrole nitrogens is 1. The molecule has 4 aromatic rings. The molecule has 1 aromatic heterocycles. The maximum absolute atomic E-state index is 12.5. The number of nitrogens with one attached hydrogen (secondary N) is 1. The van der Waals surface area contributed by atoms with Gasteiger partial charge in [-0.25, -0.2) is 0 Å². The number of phenolic OH excluding ortho intramolecular Hbond substituents is 1. The number of hydrogen-bond acceptors (Lipinski definition) is 3. The van der Waals surface area contributed by atoms with E-state index in [1.54, 1.807) is 6.07 Å². The highest BCUT2D eigenvalue weighted by atomic mass is 16.3. The molecule has 0 saturated carbocycles. The van der Waals surface area contributed by atoms with Crippen LogP contribution in [0.3, 0.4) is 0 Å². The first-order valence-electron chi connectivity index (χ1n) is 12.3. The molecule has 1 aliphatic carbocycles. The van der Waals surface area contributed by atoms with Gasteiger partial charge in [-0.2, -0.15) is 0 Å². The Morgan fingerprint density at radius 2 is 1.82 bits per heavy atom. The van der Waals surface area contributed by atoms with E-state index in [9.17, 15) is 10.2 Å². The van der Waals surface area contributed by atoms with Crippen LogP contribution in [-0.4, -0.2) is 45.3 Å². The zero-order chi connectivity index (χ0) is 23.3. The number of aromatic nitrogens is 1. The SMILES string of the molecule is Cc1ccc2[nH]c3c(c2c1)CC1(O)CN(CCc2ccccc2)CCC1(c1cccc(O)c1)C3. The first-order valence-corrected chi connectivity index (χ1v) is 12.3. The maximum atomic E-state index is 12.5. The summed E-state index contributed by atoms with van der Waals surface area (Å²) in [7, 11) is 0. The van der Waals surface area contributed by atoms with Gasteiger partial charge in [0.2, 0.25) is 0 Å². The Morgan fingerprint density at radius 3 is 2.65 bits per heavy atom. The Hall–Kier alpha value is -3.08. The smallest absolute Gasteiger partial charge is 0.115 e. The van der Waals surface area contributed by atoms with Gasteiger partial charge in [0.1, 0.15) is 5.75 Å². The van der Waals surface area contributed by atoms with Crippen molar-refractivity contribution in [1.29, 1.82) is 0 Å². The summed E-state index contributed by atoms with van der Waals surface area (Å²) in [6, 6.07) is 24.7. The first-order chi connectivity index (χ1) is 16.5. The van der Waals surface area contributed by atoms with Crippen LogP contribution < -0.4 is 0 Å². The van der Waals surface area contributed by atoms with Gasteiger partial charge in [-0.15, -0.1) is 0 Å². The molecule has 2 atom stereocenters. The van der Waals surface area contributed by atoms with Crippen molar-refractivity contribution in [2.45, 2.75) is 43.6 Å². The number of benzene rings is 3. The molecule has 0 spiro atoms. The number of aromatic hydroxyl groups is 1. The third-order valence-corrected chi connectivity index (χ3v) is 8.29. The van der Waals surface area contributed by atoms with E-state index in [1.807, 2.05) is 12.1 Å². The van der Waals surface area contributed by atoms with Gasteiger partial charge in [-0.05, 0) is 67.3 Å². The molecule has 1 saturated heterocycles. The third kappa shape index (κ3) is 3.44. The number of aliphatic hydroxyl groups is 1. The van der Waals surface area contributed by atoms with Crippen LogP contribution in [0.1, 0.15) is 34.4 Å². The zero-order valence-electron chi connectivity index (χ0n) is 19.7. The highest BCUT2D eigenvalue weighted by Crippen LogP contribution is 2.51. The van der Waals surface area contributed by atoms with Crippen molar-refractivity contribution in [3.8, 4) is 5.75 Å². The van der Waals surface area contributed by atoms with Gasteiger partial charge in [0, 0.05) is 47.9 Å². The Morgan fingerprint density at radius 1 is 0.971 bits per heavy atom. The van der Waals surface area contributed by atoms with Gasteiger partial charge >= 0.3 is 0 Å². The lowest BCUT2D eigenvalue weighted by Crippen LogP contribution is -2.66. The lowest BCUT2D eigenvalue weighted by Gasteiger charge is -2.56. The molecule has 2 heterocycles. The van der Waals surface area contributed by atoms with Gasteiger partial charge in [0.05, 0.1) is 5.60 Å². The topological polar surface area (TPSA) is 59.5 Å². The minimum Gasteiger partial charge on any atom is -0.508 e. The largest absolute Gasteiger partial charge is 0.508 e. The average Bonchev–Trinajstić information content (AvgIpc) is 3.17. The van der Waals surface area contributed by atoms with Crippen molar-refractivity contribution in [2.75, 3.05) is 19.6 Å². The van der Waals surface area contributed by atoms with Gasteiger partial charge in [-0.3, -0.25) is 0 Å². The van der Waals surface area contributed by atoms with Crippen LogP contribution in [0.4, 0.5) is 0 Å². The second-order valence-corrected chi connectivity index (χ2v) is 10.4. The Kier molecular flexibility index (Phi) is 5.05. The highest BCUT2D eigenvalue weighted by Gasteiger charge is 2.57. The number of hydrogen-bond donors (Lipinski definition) is 3. The van der Waals surface area contributed by atoms with E-state index in [0.29, 0.717) is 13.0 Å². The summed E-state index contributed by atoms with van der Waals surface area (Å²) in [6.45, 7) is 4.62. The Labute approximate surface area is 200 Å². The van der Waals surface area contributed by atoms with E-state index < -0.39 is 11.0 Å². The third-order valence-electron chi connectivity index (χ3n) is 8.29. The van der Waals surface area contributed by atoms with Crippen LogP contribution in [0.2, 0.25) is 0 Å². The highest BCUT2D eigenvalue weighted by molar-refractivity contribution is 5.86. The predicted molar refractivity (Wildman–Crippen MR) is 136 cm³/mol. The zero-order valence-corrected chi connectivity index (χ0v) is 19.7. The molecule has 2 aliphatic rings. The van der Waals surface area contributed by atoms with Crippen LogP contribution in [0, 0.1) is 6.92 Å². The summed E-state index contributed by atoms with van der Waals surface area (Å²) >= 11 is 0. The van der Waals surface area contributed by atoms with Crippen molar-refractivity contribution >= 4 is 10.9 Å². The molecule has 1 fully saturated rings. The van der Waals surface area contributed by atoms with Gasteiger partial charge in [0.15, 0.2) is 0 Å². The normalized spacial score (nSPS) is 24.6. The van der Waals surface area contributed by atoms with Crippen molar-refractivity contribution < 1.29 is 10.2 Å². The number of likely N-dealkylation sites (tertiary alicyclic amines) is 1. The minimum absolute atomic E-state index is 0.263. The molecule has 4 nitrogen and oxygen atoms in total. The number of aryl methyl sites for hydroxylation is 1. The first kappa shape index (κ1) is 21.5. The quantitative estimate of drug-likeness (QED) is 0.413. The van der Waals surface area contributed by atoms with Crippen LogP contribution in [0.25, 0.3) is 10.9 Å². The molecule has 4 heteroatoms. The second-order valence-electron chi connectivity index (χ2n) is 10.4. The summed E-state index contributed by atoms with van der Waals surface area (Å²) < 4.78 is 0. The molecule has 174 valence electrons. The molecule has 1 aliphatic heterocycles. The van der Waals surface area contributed by atoms with Gasteiger partial charge in [0.25, 0.3) is 0 Å². The monoisotopic (exact) mass is 452 g/mol. The molecule has 0 amide bonds. The number of piperidine rings is 1. The van der Waals surface area contributed by atoms with E-state index >= 15 is 0 Å². The van der Waals surface area contributed by atoms with E-state index in [4.69, 9.17) is 0 Å². The van der Waals surface area contributed by atoms with Crippen molar-refractivity contribution in [3.63, 3.8) is 0 Å². The number of aromatic amines is 1. The van der Waals surface area contributed by atoms with Gasteiger partial charge < -0.3 is 20.1 Å². The summed E-state index contributed by atoms with van der Waals surface area (Å²) in [5.41, 5.74) is 5.88. The number of rotatable bonds is 4. The average molecular weight is 453 g/mol. The molecule has 6 rings (SSSR count). The molecular weight excluding hydrogens is 420 g/mol. The lowest BCUT2D eigenvalue weighted by molar-refractivity contribution is -0.102. The predicted octanol–water partition coefficient (Wildman–Crippen LogP) is 4.90. The van der Waals surface area contributed by atoms with E-state index in [-0.39, 0.29) is 5.75 Å². The fourth-order valence-electron chi connectivity index (χ4n) is 6.47. The van der Waals surface area contributed by atoms with E-state index in [1.165, 1.54) is 27.8 Å². The maximum Gasteiger partial charge on any atom is 0.115 e. The summed E-state index contributed by atoms with van der Waals surface area (Å²) in [5, 5.41) is 24.1. The minimum atomic E-state index is -0.915. The second kappa shape index (κ2) is 8.00. The summed E-state index contributed by atoms with van der Waals surface area (Å²) in [6.07, 6.45) is 3.20. The number of β-amino-alcohol motifs (C(OH)–C–C–N with tert-alkyl or cyclic N) is 1. The molecule has 3 N–H and O–H groups in total. The van der Waals surface area contributed by atoms with Crippen molar-refractivity contribution in [3.05, 3.63) is 101 Å². The Balaban J connectivity index is 1.40. The van der Waals surface area contributed by atoms with Crippen LogP contribution in [-0.2, 0) is 24.7 Å². The van der Waals surface area contributed by atoms with Crippen LogP contribution in [0.5, 0.6) is 5.75 Å². The number of fused-ring (bicyclic) bond motifs is 4. The van der Waals surface area contributed by atoms with Crippen LogP contribution in [0.15, 0.2) is 72.8 Å². The van der Waals surface area contributed by atoms with Crippen LogP contribution >= 0.6 is 0 Å². The molecule has 0 radical (unpaired) electrons. The van der Waals surface area contributed by atoms with Crippen molar-refractivity contribution in [1.82, 2.24) is 9.88 Å². The van der Waals surface area contributed by atoms with Crippen molar-refractivity contribution in [2.24, 2.45) is 0 Å². The van der Waals surface area contributed by atoms with Gasteiger partial charge in [-0.1, -0.05) is 54.1 Å². The number of nitrogens with zero attached hydrogens (tertiary/aromatic N) is 1. The molecule has 2 unspecified atom stereocenters. The summed E-state index contributed by atoms with van der Waals surface area (Å²) in [4.78, 5) is 6.10. The van der Waals surface area contributed by atoms with E-state index in [0.717, 1.165) is 43.4 Å². The standard InChI is InChI=1S/C30H32N2O2/c1-21-10-11-27-25(16-21)26-18-30(34)20-32(14-12-22-6-3-2-4-7-22)15-13-29(30,19-28(26)31-27)23-8-5-9-24(33)17-23/h2-11,16-17,31,33-34H,12-15,18-20H2,1H3. The molecule has 0 bridgehead atoms. The molecular formula is C30H32N2O2. The molecule has 34 heavy (non-hydrogen) atoms. The number of phenols is 1. The van der Waals surface area contributed by atoms with E-state index in [2.05, 4.69) is 71.4 Å². The fraction of sp³-hybridized carbons (Fsp3) is 0.333. The summed E-state index contributed by atoms with van der Waals surface area (Å²) in [5.74, 6) is 0.263. The fourth-order valence-corrected chi connectivity index (χ4v) is 6.47. The molecule has 3 aromatic carbocycles.